The summed E-state index contributed by atoms with van der Waals surface area (Å²) in [6.45, 7) is 4.20. The summed E-state index contributed by atoms with van der Waals surface area (Å²) in [5.74, 6) is 0.581. The Kier molecular flexibility index (Phi) is 5.56. The number of alkyl halides is 3. The van der Waals surface area contributed by atoms with Gasteiger partial charge in [0.2, 0.25) is 0 Å². The van der Waals surface area contributed by atoms with Gasteiger partial charge in [-0.3, -0.25) is 4.90 Å². The van der Waals surface area contributed by atoms with Crippen molar-refractivity contribution in [2.75, 3.05) is 32.8 Å². The number of hydrogen-bond donors (Lipinski definition) is 2. The molecule has 2 saturated heterocycles. The second-order valence-corrected chi connectivity index (χ2v) is 7.06. The van der Waals surface area contributed by atoms with Crippen molar-refractivity contribution in [3.05, 3.63) is 36.3 Å². The normalized spacial score (nSPS) is 22.3. The number of aromatic nitrogens is 2. The second-order valence-electron chi connectivity index (χ2n) is 7.06. The molecule has 2 N–H and O–H groups in total. The van der Waals surface area contributed by atoms with Crippen LogP contribution in [0, 0.1) is 0 Å². The van der Waals surface area contributed by atoms with Crippen LogP contribution in [0.5, 0.6) is 5.75 Å². The van der Waals surface area contributed by atoms with E-state index in [1.54, 1.807) is 18.3 Å². The number of aromatic amines is 1. The fourth-order valence-electron chi connectivity index (χ4n) is 3.92. The summed E-state index contributed by atoms with van der Waals surface area (Å²) in [5.41, 5.74) is 1.50. The van der Waals surface area contributed by atoms with Crippen molar-refractivity contribution >= 4 is 0 Å². The minimum atomic E-state index is -4.69. The van der Waals surface area contributed by atoms with Gasteiger partial charge in [-0.1, -0.05) is 0 Å². The lowest BCUT2D eigenvalue weighted by Crippen LogP contribution is -2.49. The second kappa shape index (κ2) is 8.10. The van der Waals surface area contributed by atoms with Crippen molar-refractivity contribution in [2.24, 2.45) is 0 Å². The van der Waals surface area contributed by atoms with Crippen LogP contribution in [0.15, 0.2) is 30.5 Å². The fraction of sp³-hybridized carbons (Fsp3) is 0.526. The first-order valence-corrected chi connectivity index (χ1v) is 9.45. The van der Waals surface area contributed by atoms with E-state index in [0.717, 1.165) is 49.6 Å². The molecule has 6 nitrogen and oxygen atoms in total. The summed E-state index contributed by atoms with van der Waals surface area (Å²) in [5, 5.41) is 3.39. The molecule has 2 aliphatic heterocycles. The summed E-state index contributed by atoms with van der Waals surface area (Å²) in [7, 11) is 0. The van der Waals surface area contributed by atoms with Crippen molar-refractivity contribution in [1.82, 2.24) is 20.2 Å². The van der Waals surface area contributed by atoms with Gasteiger partial charge in [0.1, 0.15) is 11.6 Å². The van der Waals surface area contributed by atoms with E-state index in [9.17, 15) is 13.2 Å². The Hall–Kier alpha value is -2.10. The summed E-state index contributed by atoms with van der Waals surface area (Å²) in [4.78, 5) is 10.3. The molecule has 2 fully saturated rings. The standard InChI is InChI=1S/C19H23F3N4O2/c20-19(21,22)28-15-3-1-13(2-4-15)16-11-24-18(25-16)17-12-27-10-9-26(17)14-5-7-23-8-6-14/h1-4,11,14,17,23H,5-10,12H2,(H,24,25)/t17-/m0/s1. The fourth-order valence-corrected chi connectivity index (χ4v) is 3.92. The lowest BCUT2D eigenvalue weighted by Gasteiger charge is -2.41. The van der Waals surface area contributed by atoms with Crippen molar-refractivity contribution in [3.63, 3.8) is 0 Å². The third-order valence-electron chi connectivity index (χ3n) is 5.26. The van der Waals surface area contributed by atoms with Crippen LogP contribution in [0.3, 0.4) is 0 Å². The molecule has 0 saturated carbocycles. The highest BCUT2D eigenvalue weighted by atomic mass is 19.4. The van der Waals surface area contributed by atoms with Crippen LogP contribution in [-0.2, 0) is 4.74 Å². The van der Waals surface area contributed by atoms with Gasteiger partial charge in [-0.25, -0.2) is 4.98 Å². The summed E-state index contributed by atoms with van der Waals surface area (Å²) in [6, 6.07) is 6.32. The van der Waals surface area contributed by atoms with Crippen LogP contribution in [0.4, 0.5) is 13.2 Å². The third kappa shape index (κ3) is 4.48. The molecule has 28 heavy (non-hydrogen) atoms. The van der Waals surface area contributed by atoms with Gasteiger partial charge in [-0.05, 0) is 55.8 Å². The lowest BCUT2D eigenvalue weighted by atomic mass is 10.0. The van der Waals surface area contributed by atoms with Crippen LogP contribution in [0.25, 0.3) is 11.3 Å². The zero-order valence-corrected chi connectivity index (χ0v) is 15.3. The SMILES string of the molecule is FC(F)(F)Oc1ccc(-c2cnc([C@@H]3COCCN3C3CCNCC3)[nH]2)cc1. The molecule has 0 spiro atoms. The molecule has 0 aliphatic carbocycles. The molecular weight excluding hydrogens is 373 g/mol. The molecule has 2 aromatic rings. The molecule has 0 unspecified atom stereocenters. The first-order chi connectivity index (χ1) is 13.5. The predicted octanol–water partition coefficient (Wildman–Crippen LogP) is 3.10. The number of piperidine rings is 1. The van der Waals surface area contributed by atoms with Crippen LogP contribution in [0.1, 0.15) is 24.7 Å². The van der Waals surface area contributed by atoms with Crippen molar-refractivity contribution in [3.8, 4) is 17.0 Å². The molecule has 0 amide bonds. The van der Waals surface area contributed by atoms with Gasteiger partial charge >= 0.3 is 6.36 Å². The highest BCUT2D eigenvalue weighted by molar-refractivity contribution is 5.59. The quantitative estimate of drug-likeness (QED) is 0.832. The first kappa shape index (κ1) is 19.2. The minimum Gasteiger partial charge on any atom is -0.406 e. The molecule has 1 atom stereocenters. The summed E-state index contributed by atoms with van der Waals surface area (Å²) >= 11 is 0. The van der Waals surface area contributed by atoms with E-state index in [1.165, 1.54) is 12.1 Å². The van der Waals surface area contributed by atoms with Gasteiger partial charge in [-0.15, -0.1) is 13.2 Å². The number of H-pyrrole nitrogens is 1. The molecular formula is C19H23F3N4O2. The number of rotatable bonds is 4. The van der Waals surface area contributed by atoms with Crippen LogP contribution >= 0.6 is 0 Å². The van der Waals surface area contributed by atoms with Crippen molar-refractivity contribution in [1.29, 1.82) is 0 Å². The van der Waals surface area contributed by atoms with E-state index in [1.807, 2.05) is 0 Å². The van der Waals surface area contributed by atoms with Gasteiger partial charge in [-0.2, -0.15) is 0 Å². The topological polar surface area (TPSA) is 62.4 Å². The number of halogens is 3. The minimum absolute atomic E-state index is 0.0541. The van der Waals surface area contributed by atoms with Crippen LogP contribution < -0.4 is 10.1 Å². The predicted molar refractivity (Wildman–Crippen MR) is 96.9 cm³/mol. The molecule has 0 radical (unpaired) electrons. The number of nitrogens with zero attached hydrogens (tertiary/aromatic N) is 2. The van der Waals surface area contributed by atoms with Gasteiger partial charge in [0.25, 0.3) is 0 Å². The lowest BCUT2D eigenvalue weighted by molar-refractivity contribution is -0.274. The maximum atomic E-state index is 12.3. The molecule has 3 heterocycles. The van der Waals surface area contributed by atoms with E-state index in [2.05, 4.69) is 24.9 Å². The highest BCUT2D eigenvalue weighted by Crippen LogP contribution is 2.30. The Bertz CT molecular complexity index is 772. The number of hydrogen-bond acceptors (Lipinski definition) is 5. The molecule has 4 rings (SSSR count). The third-order valence-corrected chi connectivity index (χ3v) is 5.26. The Labute approximate surface area is 161 Å². The molecule has 1 aromatic carbocycles. The Morgan fingerprint density at radius 3 is 2.61 bits per heavy atom. The monoisotopic (exact) mass is 396 g/mol. The smallest absolute Gasteiger partial charge is 0.406 e. The summed E-state index contributed by atoms with van der Waals surface area (Å²) < 4.78 is 46.5. The molecule has 152 valence electrons. The largest absolute Gasteiger partial charge is 0.573 e. The summed E-state index contributed by atoms with van der Waals surface area (Å²) in [6.07, 6.45) is -0.776. The van der Waals surface area contributed by atoms with E-state index in [4.69, 9.17) is 4.74 Å². The number of morpholine rings is 1. The molecule has 0 bridgehead atoms. The number of ether oxygens (including phenoxy) is 2. The number of imidazole rings is 1. The molecule has 2 aliphatic rings. The maximum Gasteiger partial charge on any atom is 0.573 e. The molecule has 9 heteroatoms. The van der Waals surface area contributed by atoms with Gasteiger partial charge in [0.05, 0.1) is 31.1 Å². The van der Waals surface area contributed by atoms with E-state index >= 15 is 0 Å². The highest BCUT2D eigenvalue weighted by Gasteiger charge is 2.33. The van der Waals surface area contributed by atoms with Gasteiger partial charge in [0, 0.05) is 12.6 Å². The first-order valence-electron chi connectivity index (χ1n) is 9.45. The van der Waals surface area contributed by atoms with E-state index in [0.29, 0.717) is 19.3 Å². The Morgan fingerprint density at radius 2 is 1.89 bits per heavy atom. The van der Waals surface area contributed by atoms with Crippen molar-refractivity contribution in [2.45, 2.75) is 31.3 Å². The van der Waals surface area contributed by atoms with Gasteiger partial charge in [0.15, 0.2) is 0 Å². The number of benzene rings is 1. The maximum absolute atomic E-state index is 12.3. The van der Waals surface area contributed by atoms with Crippen LogP contribution in [0.2, 0.25) is 0 Å². The van der Waals surface area contributed by atoms with Crippen LogP contribution in [-0.4, -0.2) is 60.1 Å². The average molecular weight is 396 g/mol. The zero-order valence-electron chi connectivity index (χ0n) is 15.3. The zero-order chi connectivity index (χ0) is 19.6. The molecule has 1 aromatic heterocycles. The van der Waals surface area contributed by atoms with Gasteiger partial charge < -0.3 is 19.8 Å². The number of nitrogens with one attached hydrogen (secondary N) is 2. The van der Waals surface area contributed by atoms with E-state index < -0.39 is 6.36 Å². The van der Waals surface area contributed by atoms with Crippen molar-refractivity contribution < 1.29 is 22.6 Å². The Morgan fingerprint density at radius 1 is 1.14 bits per heavy atom. The Balaban J connectivity index is 1.49. The van der Waals surface area contributed by atoms with E-state index in [-0.39, 0.29) is 11.8 Å². The average Bonchev–Trinajstić information content (AvgIpc) is 3.18.